The molecule has 0 aliphatic rings. The minimum Gasteiger partial charge on any atom is -0.493 e. The van der Waals surface area contributed by atoms with Gasteiger partial charge in [-0.3, -0.25) is 4.79 Å². The summed E-state index contributed by atoms with van der Waals surface area (Å²) in [5.74, 6) is -0.565. The number of aliphatic hydroxyl groups is 1. The van der Waals surface area contributed by atoms with Crippen LogP contribution >= 0.6 is 0 Å². The molecule has 0 aliphatic carbocycles. The van der Waals surface area contributed by atoms with Gasteiger partial charge in [-0.15, -0.1) is 0 Å². The van der Waals surface area contributed by atoms with Crippen LogP contribution in [0.1, 0.15) is 6.42 Å². The molecule has 0 aromatic heterocycles. The summed E-state index contributed by atoms with van der Waals surface area (Å²) in [7, 11) is -2.25. The van der Waals surface area contributed by atoms with Crippen LogP contribution in [0.5, 0.6) is 5.75 Å². The van der Waals surface area contributed by atoms with E-state index >= 15 is 0 Å². The maximum atomic E-state index is 12.0. The monoisotopic (exact) mass is 303 g/mol. The second kappa shape index (κ2) is 7.22. The van der Waals surface area contributed by atoms with E-state index in [9.17, 15) is 13.2 Å². The minimum absolute atomic E-state index is 0.0131. The zero-order valence-corrected chi connectivity index (χ0v) is 11.8. The molecular formula is C12H17NO6S. The van der Waals surface area contributed by atoms with Crippen molar-refractivity contribution in [3.05, 3.63) is 24.3 Å². The number of ether oxygens (including phenoxy) is 1. The highest BCUT2D eigenvalue weighted by Crippen LogP contribution is 2.18. The van der Waals surface area contributed by atoms with Crippen molar-refractivity contribution in [2.24, 2.45) is 0 Å². The van der Waals surface area contributed by atoms with Crippen molar-refractivity contribution < 1.29 is 28.2 Å². The number of sulfonamides is 1. The maximum absolute atomic E-state index is 12.0. The fourth-order valence-corrected chi connectivity index (χ4v) is 2.57. The molecule has 0 saturated heterocycles. The lowest BCUT2D eigenvalue weighted by atomic mass is 10.3. The zero-order valence-electron chi connectivity index (χ0n) is 11.0. The van der Waals surface area contributed by atoms with Crippen molar-refractivity contribution in [3.63, 3.8) is 0 Å². The van der Waals surface area contributed by atoms with E-state index in [4.69, 9.17) is 14.9 Å². The Morgan fingerprint density at radius 3 is 2.40 bits per heavy atom. The zero-order chi connectivity index (χ0) is 15.2. The van der Waals surface area contributed by atoms with E-state index in [1.807, 2.05) is 0 Å². The Hall–Kier alpha value is -1.64. The summed E-state index contributed by atoms with van der Waals surface area (Å²) in [5.41, 5.74) is 0. The Balaban J connectivity index is 2.73. The van der Waals surface area contributed by atoms with E-state index in [1.54, 1.807) is 0 Å². The first-order valence-electron chi connectivity index (χ1n) is 5.90. The molecule has 0 saturated carbocycles. The van der Waals surface area contributed by atoms with Gasteiger partial charge in [0.25, 0.3) is 0 Å². The van der Waals surface area contributed by atoms with Crippen LogP contribution in [0, 0.1) is 0 Å². The molecule has 0 amide bonds. The molecule has 0 bridgehead atoms. The first-order valence-corrected chi connectivity index (χ1v) is 7.34. The van der Waals surface area contributed by atoms with E-state index in [0.29, 0.717) is 5.75 Å². The molecule has 0 unspecified atom stereocenters. The molecule has 0 radical (unpaired) electrons. The average Bonchev–Trinajstić information content (AvgIpc) is 2.39. The SMILES string of the molecule is CN(CCO)S(=O)(=O)c1ccc(OCCC(=O)O)cc1. The van der Waals surface area contributed by atoms with Crippen LogP contribution in [0.4, 0.5) is 0 Å². The van der Waals surface area contributed by atoms with Gasteiger partial charge in [0.05, 0.1) is 24.5 Å². The Bertz CT molecular complexity index is 540. The quantitative estimate of drug-likeness (QED) is 0.708. The Morgan fingerprint density at radius 2 is 1.90 bits per heavy atom. The fourth-order valence-electron chi connectivity index (χ4n) is 1.40. The molecule has 1 rings (SSSR count). The summed E-state index contributed by atoms with van der Waals surface area (Å²) in [6.45, 7) is -0.225. The second-order valence-corrected chi connectivity index (χ2v) is 6.06. The topological polar surface area (TPSA) is 104 Å². The van der Waals surface area contributed by atoms with E-state index in [0.717, 1.165) is 4.31 Å². The Kier molecular flexibility index (Phi) is 5.93. The van der Waals surface area contributed by atoms with Crippen LogP contribution < -0.4 is 4.74 Å². The van der Waals surface area contributed by atoms with Gasteiger partial charge in [0, 0.05) is 13.6 Å². The lowest BCUT2D eigenvalue weighted by Gasteiger charge is -2.16. The highest BCUT2D eigenvalue weighted by Gasteiger charge is 2.19. The summed E-state index contributed by atoms with van der Waals surface area (Å²) >= 11 is 0. The van der Waals surface area contributed by atoms with Gasteiger partial charge >= 0.3 is 5.97 Å². The minimum atomic E-state index is -3.63. The molecule has 8 heteroatoms. The van der Waals surface area contributed by atoms with Crippen molar-refractivity contribution in [2.75, 3.05) is 26.8 Å². The van der Waals surface area contributed by atoms with E-state index in [1.165, 1.54) is 31.3 Å². The Labute approximate surface area is 117 Å². The molecule has 0 aliphatic heterocycles. The number of likely N-dealkylation sites (N-methyl/N-ethyl adjacent to an activating group) is 1. The smallest absolute Gasteiger partial charge is 0.306 e. The average molecular weight is 303 g/mol. The predicted octanol–water partition coefficient (Wildman–Crippen LogP) is 0.153. The van der Waals surface area contributed by atoms with Gasteiger partial charge in [-0.2, -0.15) is 4.31 Å². The summed E-state index contributed by atoms with van der Waals surface area (Å²) < 4.78 is 30.3. The van der Waals surface area contributed by atoms with Gasteiger partial charge in [0.2, 0.25) is 10.0 Å². The molecule has 0 spiro atoms. The lowest BCUT2D eigenvalue weighted by molar-refractivity contribution is -0.137. The second-order valence-electron chi connectivity index (χ2n) is 4.01. The highest BCUT2D eigenvalue weighted by molar-refractivity contribution is 7.89. The molecule has 0 heterocycles. The first kappa shape index (κ1) is 16.4. The van der Waals surface area contributed by atoms with Gasteiger partial charge in [0.15, 0.2) is 0 Å². The number of hydrogen-bond acceptors (Lipinski definition) is 5. The number of rotatable bonds is 8. The number of carbonyl (C=O) groups is 1. The van der Waals surface area contributed by atoms with Crippen molar-refractivity contribution in [1.29, 1.82) is 0 Å². The standard InChI is InChI=1S/C12H17NO6S/c1-13(7-8-14)20(17,18)11-4-2-10(3-5-11)19-9-6-12(15)16/h2-5,14H,6-9H2,1H3,(H,15,16). The first-order chi connectivity index (χ1) is 9.37. The van der Waals surface area contributed by atoms with Crippen LogP contribution in [-0.4, -0.2) is 55.7 Å². The number of carboxylic acid groups (broad SMARTS) is 1. The van der Waals surface area contributed by atoms with Crippen molar-refractivity contribution in [1.82, 2.24) is 4.31 Å². The summed E-state index contributed by atoms with van der Waals surface area (Å²) in [4.78, 5) is 10.4. The van der Waals surface area contributed by atoms with Crippen LogP contribution in [-0.2, 0) is 14.8 Å². The van der Waals surface area contributed by atoms with Crippen LogP contribution in [0.15, 0.2) is 29.2 Å². The van der Waals surface area contributed by atoms with Crippen molar-refractivity contribution >= 4 is 16.0 Å². The van der Waals surface area contributed by atoms with Crippen LogP contribution in [0.25, 0.3) is 0 Å². The fraction of sp³-hybridized carbons (Fsp3) is 0.417. The Morgan fingerprint density at radius 1 is 1.30 bits per heavy atom. The molecule has 2 N–H and O–H groups in total. The van der Waals surface area contributed by atoms with Crippen LogP contribution in [0.3, 0.4) is 0 Å². The number of nitrogens with zero attached hydrogens (tertiary/aromatic N) is 1. The molecule has 112 valence electrons. The molecule has 1 aromatic carbocycles. The van der Waals surface area contributed by atoms with E-state index in [-0.39, 0.29) is 31.1 Å². The van der Waals surface area contributed by atoms with E-state index in [2.05, 4.69) is 0 Å². The van der Waals surface area contributed by atoms with Crippen LogP contribution in [0.2, 0.25) is 0 Å². The summed E-state index contributed by atoms with van der Waals surface area (Å²) in [5, 5.41) is 17.2. The van der Waals surface area contributed by atoms with Crippen molar-refractivity contribution in [3.8, 4) is 5.75 Å². The predicted molar refractivity (Wildman–Crippen MR) is 71.1 cm³/mol. The summed E-state index contributed by atoms with van der Waals surface area (Å²) in [6.07, 6.45) is -0.126. The summed E-state index contributed by atoms with van der Waals surface area (Å²) in [6, 6.07) is 5.67. The maximum Gasteiger partial charge on any atom is 0.306 e. The molecule has 20 heavy (non-hydrogen) atoms. The number of aliphatic carboxylic acids is 1. The third-order valence-corrected chi connectivity index (χ3v) is 4.40. The van der Waals surface area contributed by atoms with E-state index < -0.39 is 16.0 Å². The normalized spacial score (nSPS) is 11.6. The molecule has 0 fully saturated rings. The van der Waals surface area contributed by atoms with Gasteiger partial charge in [0.1, 0.15) is 5.75 Å². The number of carboxylic acids is 1. The van der Waals surface area contributed by atoms with Gasteiger partial charge in [-0.1, -0.05) is 0 Å². The lowest BCUT2D eigenvalue weighted by Crippen LogP contribution is -2.29. The van der Waals surface area contributed by atoms with Gasteiger partial charge in [-0.25, -0.2) is 8.42 Å². The van der Waals surface area contributed by atoms with Gasteiger partial charge < -0.3 is 14.9 Å². The number of aliphatic hydroxyl groups excluding tert-OH is 1. The third kappa shape index (κ3) is 4.48. The molecule has 7 nitrogen and oxygen atoms in total. The number of benzene rings is 1. The van der Waals surface area contributed by atoms with Crippen molar-refractivity contribution in [2.45, 2.75) is 11.3 Å². The highest BCUT2D eigenvalue weighted by atomic mass is 32.2. The molecular weight excluding hydrogens is 286 g/mol. The largest absolute Gasteiger partial charge is 0.493 e. The molecule has 0 atom stereocenters. The number of hydrogen-bond donors (Lipinski definition) is 2. The third-order valence-electron chi connectivity index (χ3n) is 2.53. The van der Waals surface area contributed by atoms with Gasteiger partial charge in [-0.05, 0) is 24.3 Å². The molecule has 1 aromatic rings.